The fourth-order valence-corrected chi connectivity index (χ4v) is 4.91. The van der Waals surface area contributed by atoms with Crippen molar-refractivity contribution in [3.63, 3.8) is 0 Å². The van der Waals surface area contributed by atoms with E-state index in [-0.39, 0.29) is 24.6 Å². The summed E-state index contributed by atoms with van der Waals surface area (Å²) in [7, 11) is 0. The molecule has 6 atom stereocenters. The zero-order valence-corrected chi connectivity index (χ0v) is 12.4. The van der Waals surface area contributed by atoms with Crippen molar-refractivity contribution in [3.8, 4) is 0 Å². The lowest BCUT2D eigenvalue weighted by molar-refractivity contribution is -0.114. The van der Waals surface area contributed by atoms with Gasteiger partial charge in [-0.25, -0.2) is 4.99 Å². The van der Waals surface area contributed by atoms with Gasteiger partial charge < -0.3 is 26.4 Å². The molecular formula is C13H19N3O4S. The first kappa shape index (κ1) is 15.0. The van der Waals surface area contributed by atoms with Gasteiger partial charge in [0.2, 0.25) is 0 Å². The first-order chi connectivity index (χ1) is 9.86. The van der Waals surface area contributed by atoms with Gasteiger partial charge in [-0.2, -0.15) is 0 Å². The molecule has 116 valence electrons. The average Bonchev–Trinajstić information content (AvgIpc) is 2.92. The molecule has 8 heteroatoms. The molecule has 7 nitrogen and oxygen atoms in total. The summed E-state index contributed by atoms with van der Waals surface area (Å²) in [4.78, 5) is 15.7. The van der Waals surface area contributed by atoms with Crippen LogP contribution in [0.15, 0.2) is 16.3 Å². The number of nitrogens with two attached hydrogens (primary N) is 1. The topological polar surface area (TPSA) is 128 Å². The lowest BCUT2D eigenvalue weighted by Crippen LogP contribution is -2.50. The molecule has 1 amide bonds. The molecule has 0 aromatic heterocycles. The standard InChI is InChI=1S/C13H19N3O4S/c1-13(20)10(18)7(4-17)21-11(13)6-3-15-12(19)5-2-8(14)16-9(5)6/h3,6-8,10-11,16-18,20H,2,4,14H2,1H3/t6?,7-,8?,10+,11+,13+/m0/s1. The number of aliphatic hydroxyl groups excluding tert-OH is 2. The minimum Gasteiger partial charge on any atom is -0.395 e. The number of rotatable bonds is 2. The van der Waals surface area contributed by atoms with Gasteiger partial charge in [-0.3, -0.25) is 4.79 Å². The Hall–Kier alpha value is -0.930. The molecule has 0 saturated carbocycles. The summed E-state index contributed by atoms with van der Waals surface area (Å²) in [5, 5.41) is 32.3. The molecule has 0 aromatic rings. The third kappa shape index (κ3) is 2.22. The molecule has 1 saturated heterocycles. The Morgan fingerprint density at radius 1 is 1.62 bits per heavy atom. The number of dihydropyridines is 1. The second-order valence-corrected chi connectivity index (χ2v) is 7.29. The van der Waals surface area contributed by atoms with E-state index in [2.05, 4.69) is 10.3 Å². The molecule has 0 spiro atoms. The number of carbonyl (C=O) groups is 1. The van der Waals surface area contributed by atoms with E-state index in [9.17, 15) is 20.1 Å². The van der Waals surface area contributed by atoms with Gasteiger partial charge in [0.25, 0.3) is 5.91 Å². The predicted octanol–water partition coefficient (Wildman–Crippen LogP) is -1.67. The van der Waals surface area contributed by atoms with Crippen LogP contribution in [0.5, 0.6) is 0 Å². The Morgan fingerprint density at radius 3 is 2.95 bits per heavy atom. The number of hydrogen-bond donors (Lipinski definition) is 5. The largest absolute Gasteiger partial charge is 0.395 e. The van der Waals surface area contributed by atoms with Crippen LogP contribution in [0.3, 0.4) is 0 Å². The molecule has 2 unspecified atom stereocenters. The lowest BCUT2D eigenvalue weighted by atomic mass is 9.83. The third-order valence-electron chi connectivity index (χ3n) is 4.39. The maximum Gasteiger partial charge on any atom is 0.274 e. The summed E-state index contributed by atoms with van der Waals surface area (Å²) in [5.74, 6) is -0.638. The summed E-state index contributed by atoms with van der Waals surface area (Å²) >= 11 is 1.32. The lowest BCUT2D eigenvalue weighted by Gasteiger charge is -2.33. The first-order valence-corrected chi connectivity index (χ1v) is 7.81. The summed E-state index contributed by atoms with van der Waals surface area (Å²) < 4.78 is 0. The Kier molecular flexibility index (Phi) is 3.61. The molecule has 1 fully saturated rings. The predicted molar refractivity (Wildman–Crippen MR) is 78.6 cm³/mol. The number of aliphatic imine (C=N–C) groups is 1. The second kappa shape index (κ2) is 5.06. The highest BCUT2D eigenvalue weighted by Gasteiger charge is 2.55. The Morgan fingerprint density at radius 2 is 2.33 bits per heavy atom. The number of thioether (sulfide) groups is 1. The third-order valence-corrected chi connectivity index (χ3v) is 6.21. The van der Waals surface area contributed by atoms with E-state index in [1.54, 1.807) is 6.92 Å². The van der Waals surface area contributed by atoms with Gasteiger partial charge in [-0.1, -0.05) is 0 Å². The molecule has 0 aliphatic carbocycles. The molecule has 21 heavy (non-hydrogen) atoms. The van der Waals surface area contributed by atoms with Crippen LogP contribution < -0.4 is 11.1 Å². The maximum atomic E-state index is 11.8. The molecule has 3 aliphatic rings. The van der Waals surface area contributed by atoms with Gasteiger partial charge in [-0.05, 0) is 6.92 Å². The Labute approximate surface area is 126 Å². The summed E-state index contributed by atoms with van der Waals surface area (Å²) in [6, 6.07) is 0. The summed E-state index contributed by atoms with van der Waals surface area (Å²) in [5.41, 5.74) is 5.69. The minimum atomic E-state index is -1.39. The Bertz CT molecular complexity index is 534. The Balaban J connectivity index is 1.94. The van der Waals surface area contributed by atoms with Crippen LogP contribution in [-0.4, -0.2) is 62.4 Å². The highest BCUT2D eigenvalue weighted by Crippen LogP contribution is 2.47. The van der Waals surface area contributed by atoms with E-state index in [0.717, 1.165) is 0 Å². The monoisotopic (exact) mass is 313 g/mol. The van der Waals surface area contributed by atoms with Crippen molar-refractivity contribution in [3.05, 3.63) is 11.3 Å². The SMILES string of the molecule is C[C@]1(O)[C@@H](C2C=NC(=O)C3=C2NC(N)C3)S[C@@H](CO)[C@H]1O. The fourth-order valence-electron chi connectivity index (χ4n) is 3.23. The van der Waals surface area contributed by atoms with E-state index in [4.69, 9.17) is 5.73 Å². The number of amides is 1. The van der Waals surface area contributed by atoms with Crippen molar-refractivity contribution >= 4 is 23.9 Å². The normalized spacial score (nSPS) is 46.0. The van der Waals surface area contributed by atoms with Gasteiger partial charge >= 0.3 is 0 Å². The van der Waals surface area contributed by atoms with E-state index in [1.165, 1.54) is 18.0 Å². The second-order valence-electron chi connectivity index (χ2n) is 5.90. The number of allylic oxidation sites excluding steroid dienone is 1. The van der Waals surface area contributed by atoms with Gasteiger partial charge in [0.05, 0.1) is 24.1 Å². The van der Waals surface area contributed by atoms with E-state index >= 15 is 0 Å². The molecule has 6 N–H and O–H groups in total. The van der Waals surface area contributed by atoms with E-state index < -0.39 is 22.2 Å². The quantitative estimate of drug-likeness (QED) is 0.412. The van der Waals surface area contributed by atoms with Crippen LogP contribution in [0.2, 0.25) is 0 Å². The molecule has 0 bridgehead atoms. The molecule has 0 radical (unpaired) electrons. The van der Waals surface area contributed by atoms with E-state index in [1.807, 2.05) is 0 Å². The molecule has 3 aliphatic heterocycles. The number of nitrogens with zero attached hydrogens (tertiary/aromatic N) is 1. The first-order valence-electron chi connectivity index (χ1n) is 6.86. The highest BCUT2D eigenvalue weighted by atomic mass is 32.2. The van der Waals surface area contributed by atoms with Gasteiger partial charge in [-0.15, -0.1) is 11.8 Å². The summed E-state index contributed by atoms with van der Waals surface area (Å²) in [6.07, 6.45) is 0.541. The van der Waals surface area contributed by atoms with Crippen molar-refractivity contribution in [2.24, 2.45) is 16.6 Å². The average molecular weight is 313 g/mol. The summed E-state index contributed by atoms with van der Waals surface area (Å²) in [6.45, 7) is 1.32. The van der Waals surface area contributed by atoms with Crippen LogP contribution in [0.1, 0.15) is 13.3 Å². The van der Waals surface area contributed by atoms with Crippen molar-refractivity contribution in [1.82, 2.24) is 5.32 Å². The highest BCUT2D eigenvalue weighted by molar-refractivity contribution is 8.01. The van der Waals surface area contributed by atoms with Gasteiger partial charge in [0, 0.05) is 35.1 Å². The van der Waals surface area contributed by atoms with E-state index in [0.29, 0.717) is 17.7 Å². The smallest absolute Gasteiger partial charge is 0.274 e. The van der Waals surface area contributed by atoms with Crippen LogP contribution in [-0.2, 0) is 4.79 Å². The van der Waals surface area contributed by atoms with Crippen molar-refractivity contribution in [2.75, 3.05) is 6.61 Å². The van der Waals surface area contributed by atoms with Crippen molar-refractivity contribution in [2.45, 2.75) is 41.7 Å². The van der Waals surface area contributed by atoms with Gasteiger partial charge in [0.15, 0.2) is 0 Å². The molecular weight excluding hydrogens is 294 g/mol. The maximum absolute atomic E-state index is 11.8. The minimum absolute atomic E-state index is 0.222. The number of hydrogen-bond acceptors (Lipinski definition) is 7. The van der Waals surface area contributed by atoms with Crippen molar-refractivity contribution in [1.29, 1.82) is 0 Å². The van der Waals surface area contributed by atoms with Crippen LogP contribution >= 0.6 is 11.8 Å². The van der Waals surface area contributed by atoms with Gasteiger partial charge in [0.1, 0.15) is 5.60 Å². The number of aliphatic hydroxyl groups is 3. The van der Waals surface area contributed by atoms with Crippen LogP contribution in [0, 0.1) is 5.92 Å². The molecule has 0 aromatic carbocycles. The zero-order chi connectivity index (χ0) is 15.4. The number of nitrogens with one attached hydrogen (secondary N) is 1. The van der Waals surface area contributed by atoms with Crippen molar-refractivity contribution < 1.29 is 20.1 Å². The van der Waals surface area contributed by atoms with Crippen LogP contribution in [0.25, 0.3) is 0 Å². The molecule has 3 heterocycles. The molecule has 3 rings (SSSR count). The number of carbonyl (C=O) groups excluding carboxylic acids is 1. The zero-order valence-electron chi connectivity index (χ0n) is 11.6. The van der Waals surface area contributed by atoms with Crippen LogP contribution in [0.4, 0.5) is 0 Å². The fraction of sp³-hybridized carbons (Fsp3) is 0.692.